The van der Waals surface area contributed by atoms with Gasteiger partial charge in [-0.25, -0.2) is 17.2 Å². The van der Waals surface area contributed by atoms with Gasteiger partial charge in [-0.1, -0.05) is 6.07 Å². The van der Waals surface area contributed by atoms with Gasteiger partial charge in [-0.3, -0.25) is 19.6 Å². The van der Waals surface area contributed by atoms with Gasteiger partial charge in [-0.05, 0) is 30.7 Å². The van der Waals surface area contributed by atoms with Crippen molar-refractivity contribution >= 4 is 27.3 Å². The van der Waals surface area contributed by atoms with E-state index in [2.05, 4.69) is 10.3 Å². The van der Waals surface area contributed by atoms with E-state index in [0.717, 1.165) is 30.7 Å². The summed E-state index contributed by atoms with van der Waals surface area (Å²) < 4.78 is 62.9. The van der Waals surface area contributed by atoms with Crippen LogP contribution >= 0.6 is 0 Å². The molecular weight excluding hydrogens is 466 g/mol. The third-order valence-corrected chi connectivity index (χ3v) is 4.72. The summed E-state index contributed by atoms with van der Waals surface area (Å²) in [5, 5.41) is 13.3. The number of sulfonamides is 1. The van der Waals surface area contributed by atoms with Crippen LogP contribution in [0.3, 0.4) is 0 Å². The number of nitro benzene ring substituents is 1. The van der Waals surface area contributed by atoms with Crippen LogP contribution in [0.2, 0.25) is 0 Å². The second kappa shape index (κ2) is 9.20. The Hall–Kier alpha value is -4.07. The third-order valence-electron chi connectivity index (χ3n) is 4.15. The quantitative estimate of drug-likeness (QED) is 0.365. The molecule has 0 fully saturated rings. The van der Waals surface area contributed by atoms with E-state index in [4.69, 9.17) is 9.15 Å². The molecule has 0 saturated carbocycles. The summed E-state index contributed by atoms with van der Waals surface area (Å²) in [6.07, 6.45) is 1.36. The van der Waals surface area contributed by atoms with Crippen molar-refractivity contribution in [3.8, 4) is 11.8 Å². The Balaban J connectivity index is 1.70. The number of benzene rings is 2. The Labute approximate surface area is 185 Å². The fourth-order valence-electron chi connectivity index (χ4n) is 2.65. The van der Waals surface area contributed by atoms with Crippen molar-refractivity contribution in [1.82, 2.24) is 10.3 Å². The number of anilines is 1. The fourth-order valence-corrected chi connectivity index (χ4v) is 3.22. The molecule has 1 heterocycles. The highest BCUT2D eigenvalue weighted by Gasteiger charge is 2.21. The summed E-state index contributed by atoms with van der Waals surface area (Å²) in [6, 6.07) is 6.06. The first-order chi connectivity index (χ1) is 15.4. The van der Waals surface area contributed by atoms with E-state index in [1.165, 1.54) is 25.1 Å². The second-order valence-electron chi connectivity index (χ2n) is 6.78. The number of nitrogens with one attached hydrogen (secondary N) is 2. The van der Waals surface area contributed by atoms with Crippen molar-refractivity contribution in [2.75, 3.05) is 11.0 Å². The molecule has 2 N–H and O–H groups in total. The lowest BCUT2D eigenvalue weighted by atomic mass is 10.1. The maximum atomic E-state index is 14.2. The average Bonchev–Trinajstić information content (AvgIpc) is 3.18. The van der Waals surface area contributed by atoms with Crippen LogP contribution in [-0.4, -0.2) is 30.5 Å². The predicted molar refractivity (Wildman–Crippen MR) is 110 cm³/mol. The summed E-state index contributed by atoms with van der Waals surface area (Å²) >= 11 is 0. The third kappa shape index (κ3) is 6.00. The van der Waals surface area contributed by atoms with Crippen LogP contribution in [0, 0.1) is 21.7 Å². The van der Waals surface area contributed by atoms with Gasteiger partial charge in [0.2, 0.25) is 10.0 Å². The average molecular weight is 482 g/mol. The number of carbonyl (C=O) groups excluding carboxylic acids is 1. The molecule has 0 spiro atoms. The molecule has 0 unspecified atom stereocenters. The monoisotopic (exact) mass is 482 g/mol. The number of non-ortho nitro benzene ring substituents is 1. The molecule has 0 aliphatic rings. The van der Waals surface area contributed by atoms with Crippen molar-refractivity contribution in [1.29, 1.82) is 0 Å². The van der Waals surface area contributed by atoms with E-state index in [1.54, 1.807) is 4.72 Å². The number of carbonyl (C=O) groups is 1. The smallest absolute Gasteiger partial charge is 0.399 e. The predicted octanol–water partition coefficient (Wildman–Crippen LogP) is 3.52. The molecule has 174 valence electrons. The minimum absolute atomic E-state index is 0.0222. The number of oxazole rings is 1. The van der Waals surface area contributed by atoms with Gasteiger partial charge in [0.05, 0.1) is 23.3 Å². The lowest BCUT2D eigenvalue weighted by Gasteiger charge is -2.15. The van der Waals surface area contributed by atoms with E-state index in [-0.39, 0.29) is 28.8 Å². The molecular formula is C19H16F2N4O7S. The van der Waals surface area contributed by atoms with E-state index in [9.17, 15) is 32.1 Å². The van der Waals surface area contributed by atoms with Crippen molar-refractivity contribution in [3.05, 3.63) is 75.7 Å². The van der Waals surface area contributed by atoms with Crippen LogP contribution in [0.4, 0.5) is 20.2 Å². The summed E-state index contributed by atoms with van der Waals surface area (Å²) in [5.74, 6) is -3.03. The minimum Gasteiger partial charge on any atom is -0.416 e. The number of halogens is 2. The van der Waals surface area contributed by atoms with Gasteiger partial charge in [0.25, 0.3) is 11.6 Å². The van der Waals surface area contributed by atoms with Crippen LogP contribution in [0.5, 0.6) is 11.8 Å². The standard InChI is InChI=1S/C19H16F2N4O7S/c1-10(11-6-14(20)17(15(21)7-11)24-33(2,29)30)22-18(26)16-9-31-19(23-16)32-13-5-3-4-12(8-13)25(27)28/h3-10,24H,1-2H3,(H,22,26)/t10-/m1/s1. The van der Waals surface area contributed by atoms with Gasteiger partial charge in [0.1, 0.15) is 17.7 Å². The van der Waals surface area contributed by atoms with Gasteiger partial charge >= 0.3 is 6.08 Å². The number of hydrogen-bond acceptors (Lipinski definition) is 8. The zero-order valence-corrected chi connectivity index (χ0v) is 17.9. The lowest BCUT2D eigenvalue weighted by Crippen LogP contribution is -2.27. The Kier molecular flexibility index (Phi) is 6.57. The SMILES string of the molecule is C[C@@H](NC(=O)c1coc(Oc2cccc([N+](=O)[O-])c2)n1)c1cc(F)c(NS(C)(=O)=O)c(F)c1. The molecule has 1 aromatic heterocycles. The molecule has 14 heteroatoms. The number of aromatic nitrogens is 1. The van der Waals surface area contributed by atoms with Crippen molar-refractivity contribution in [2.24, 2.45) is 0 Å². The number of nitro groups is 1. The number of ether oxygens (including phenoxy) is 1. The van der Waals surface area contributed by atoms with Crippen LogP contribution in [0.25, 0.3) is 0 Å². The summed E-state index contributed by atoms with van der Waals surface area (Å²) in [5.41, 5.74) is -1.25. The second-order valence-corrected chi connectivity index (χ2v) is 8.53. The minimum atomic E-state index is -3.90. The maximum Gasteiger partial charge on any atom is 0.399 e. The molecule has 33 heavy (non-hydrogen) atoms. The molecule has 11 nitrogen and oxygen atoms in total. The molecule has 0 saturated heterocycles. The highest BCUT2D eigenvalue weighted by molar-refractivity contribution is 7.92. The van der Waals surface area contributed by atoms with Crippen LogP contribution in [0.1, 0.15) is 29.0 Å². The van der Waals surface area contributed by atoms with E-state index < -0.39 is 44.2 Å². The molecule has 0 bridgehead atoms. The van der Waals surface area contributed by atoms with Crippen LogP contribution in [-0.2, 0) is 10.0 Å². The lowest BCUT2D eigenvalue weighted by molar-refractivity contribution is -0.384. The van der Waals surface area contributed by atoms with Gasteiger partial charge in [-0.15, -0.1) is 0 Å². The summed E-state index contributed by atoms with van der Waals surface area (Å²) in [4.78, 5) is 26.4. The van der Waals surface area contributed by atoms with Crippen molar-refractivity contribution in [3.63, 3.8) is 0 Å². The Morgan fingerprint density at radius 3 is 2.52 bits per heavy atom. The number of hydrogen-bond donors (Lipinski definition) is 2. The molecule has 3 aromatic rings. The van der Waals surface area contributed by atoms with Gasteiger partial charge in [-0.2, -0.15) is 4.98 Å². The van der Waals surface area contributed by atoms with Crippen LogP contribution < -0.4 is 14.8 Å². The van der Waals surface area contributed by atoms with Crippen LogP contribution in [0.15, 0.2) is 47.1 Å². The molecule has 1 atom stereocenters. The fraction of sp³-hybridized carbons (Fsp3) is 0.158. The zero-order valence-electron chi connectivity index (χ0n) is 17.0. The van der Waals surface area contributed by atoms with Crippen molar-refractivity contribution < 1.29 is 36.1 Å². The molecule has 0 aliphatic carbocycles. The normalized spacial score (nSPS) is 12.1. The molecule has 0 radical (unpaired) electrons. The molecule has 3 rings (SSSR count). The number of amides is 1. The summed E-state index contributed by atoms with van der Waals surface area (Å²) in [6.45, 7) is 1.44. The largest absolute Gasteiger partial charge is 0.416 e. The molecule has 2 aromatic carbocycles. The topological polar surface area (TPSA) is 154 Å². The van der Waals surface area contributed by atoms with Gasteiger partial charge in [0, 0.05) is 6.07 Å². The summed E-state index contributed by atoms with van der Waals surface area (Å²) in [7, 11) is -3.90. The highest BCUT2D eigenvalue weighted by Crippen LogP contribution is 2.26. The first-order valence-corrected chi connectivity index (χ1v) is 11.0. The Bertz CT molecular complexity index is 1300. The molecule has 1 amide bonds. The Morgan fingerprint density at radius 1 is 1.24 bits per heavy atom. The van der Waals surface area contributed by atoms with E-state index in [0.29, 0.717) is 0 Å². The Morgan fingerprint density at radius 2 is 1.91 bits per heavy atom. The zero-order chi connectivity index (χ0) is 24.3. The van der Waals surface area contributed by atoms with Gasteiger partial charge in [0.15, 0.2) is 17.3 Å². The highest BCUT2D eigenvalue weighted by atomic mass is 32.2. The first-order valence-electron chi connectivity index (χ1n) is 9.08. The maximum absolute atomic E-state index is 14.2. The van der Waals surface area contributed by atoms with E-state index >= 15 is 0 Å². The van der Waals surface area contributed by atoms with Crippen molar-refractivity contribution in [2.45, 2.75) is 13.0 Å². The number of nitrogens with zero attached hydrogens (tertiary/aromatic N) is 2. The molecule has 0 aliphatic heterocycles. The van der Waals surface area contributed by atoms with E-state index in [1.807, 2.05) is 0 Å². The first kappa shape index (κ1) is 23.6. The number of rotatable bonds is 8. The van der Waals surface area contributed by atoms with Gasteiger partial charge < -0.3 is 14.5 Å².